The van der Waals surface area contributed by atoms with Crippen LogP contribution >= 0.6 is 0 Å². The molecule has 3 heteroatoms. The highest BCUT2D eigenvalue weighted by atomic mass is 16.1. The molecule has 21 heavy (non-hydrogen) atoms. The quantitative estimate of drug-likeness (QED) is 0.827. The molecule has 0 bridgehead atoms. The number of carbonyl (C=O) groups excluding carboxylic acids is 1. The molecule has 1 aliphatic carbocycles. The van der Waals surface area contributed by atoms with Crippen molar-refractivity contribution in [1.82, 2.24) is 5.32 Å². The Morgan fingerprint density at radius 2 is 1.90 bits per heavy atom. The molecular formula is C18H20N2O. The first kappa shape index (κ1) is 13.7. The van der Waals surface area contributed by atoms with Crippen molar-refractivity contribution in [3.63, 3.8) is 0 Å². The largest absolute Gasteiger partial charge is 0.399 e. The number of amides is 1. The highest BCUT2D eigenvalue weighted by Gasteiger charge is 2.25. The molecule has 0 heterocycles. The van der Waals surface area contributed by atoms with Crippen LogP contribution in [0.25, 0.3) is 0 Å². The Kier molecular flexibility index (Phi) is 3.91. The van der Waals surface area contributed by atoms with E-state index in [9.17, 15) is 4.79 Å². The zero-order chi connectivity index (χ0) is 14.7. The molecule has 0 saturated carbocycles. The minimum absolute atomic E-state index is 0.0997. The Balaban J connectivity index is 1.45. The number of nitrogens with two attached hydrogens (primary N) is 1. The number of nitrogen functional groups attached to an aromatic ring is 1. The number of nitrogens with one attached hydrogen (secondary N) is 1. The summed E-state index contributed by atoms with van der Waals surface area (Å²) >= 11 is 0. The van der Waals surface area contributed by atoms with E-state index in [1.807, 2.05) is 24.3 Å². The van der Waals surface area contributed by atoms with E-state index in [-0.39, 0.29) is 5.91 Å². The molecule has 0 saturated heterocycles. The van der Waals surface area contributed by atoms with Crippen molar-refractivity contribution in [1.29, 1.82) is 0 Å². The summed E-state index contributed by atoms with van der Waals surface area (Å²) in [7, 11) is 0. The van der Waals surface area contributed by atoms with Gasteiger partial charge in [-0.15, -0.1) is 0 Å². The van der Waals surface area contributed by atoms with Crippen molar-refractivity contribution < 1.29 is 4.79 Å². The van der Waals surface area contributed by atoms with Crippen molar-refractivity contribution >= 4 is 11.6 Å². The van der Waals surface area contributed by atoms with Gasteiger partial charge in [-0.25, -0.2) is 0 Å². The van der Waals surface area contributed by atoms with E-state index >= 15 is 0 Å². The normalized spacial score (nSPS) is 15.9. The van der Waals surface area contributed by atoms with Crippen LogP contribution in [-0.4, -0.2) is 12.5 Å². The van der Waals surface area contributed by atoms with Gasteiger partial charge < -0.3 is 11.1 Å². The molecule has 1 unspecified atom stereocenters. The lowest BCUT2D eigenvalue weighted by atomic mass is 9.77. The second-order valence-corrected chi connectivity index (χ2v) is 5.60. The van der Waals surface area contributed by atoms with Crippen LogP contribution in [0, 0.1) is 0 Å². The number of hydrogen-bond donors (Lipinski definition) is 2. The van der Waals surface area contributed by atoms with E-state index in [0.29, 0.717) is 18.8 Å². The first-order valence-electron chi connectivity index (χ1n) is 7.42. The van der Waals surface area contributed by atoms with Crippen LogP contribution in [0.3, 0.4) is 0 Å². The van der Waals surface area contributed by atoms with Gasteiger partial charge in [0, 0.05) is 24.6 Å². The summed E-state index contributed by atoms with van der Waals surface area (Å²) in [5.74, 6) is 0.578. The molecule has 2 aromatic rings. The maximum absolute atomic E-state index is 11.9. The van der Waals surface area contributed by atoms with Crippen molar-refractivity contribution in [3.05, 3.63) is 65.2 Å². The van der Waals surface area contributed by atoms with Gasteiger partial charge in [-0.05, 0) is 35.6 Å². The molecular weight excluding hydrogens is 260 g/mol. The molecule has 0 aliphatic heterocycles. The number of benzene rings is 2. The second kappa shape index (κ2) is 6.00. The summed E-state index contributed by atoms with van der Waals surface area (Å²) in [6.07, 6.45) is 2.25. The number of aryl methyl sites for hydroxylation is 1. The summed E-state index contributed by atoms with van der Waals surface area (Å²) in [6, 6.07) is 16.2. The Hall–Kier alpha value is -2.29. The summed E-state index contributed by atoms with van der Waals surface area (Å²) in [5, 5.41) is 3.04. The van der Waals surface area contributed by atoms with E-state index in [2.05, 4.69) is 29.6 Å². The van der Waals surface area contributed by atoms with Gasteiger partial charge in [0.05, 0.1) is 0 Å². The van der Waals surface area contributed by atoms with E-state index in [0.717, 1.165) is 24.2 Å². The van der Waals surface area contributed by atoms with Crippen LogP contribution in [-0.2, 0) is 17.6 Å². The van der Waals surface area contributed by atoms with Crippen molar-refractivity contribution in [2.24, 2.45) is 0 Å². The highest BCUT2D eigenvalue weighted by molar-refractivity contribution is 5.76. The number of fused-ring (bicyclic) bond motifs is 1. The van der Waals surface area contributed by atoms with E-state index in [1.54, 1.807) is 0 Å². The Labute approximate surface area is 125 Å². The van der Waals surface area contributed by atoms with Gasteiger partial charge in [0.1, 0.15) is 0 Å². The zero-order valence-electron chi connectivity index (χ0n) is 12.0. The average Bonchev–Trinajstić information content (AvgIpc) is 2.47. The van der Waals surface area contributed by atoms with Gasteiger partial charge in [-0.3, -0.25) is 4.79 Å². The van der Waals surface area contributed by atoms with Crippen molar-refractivity contribution in [2.75, 3.05) is 12.3 Å². The number of rotatable bonds is 5. The van der Waals surface area contributed by atoms with Gasteiger partial charge in [-0.1, -0.05) is 42.5 Å². The summed E-state index contributed by atoms with van der Waals surface area (Å²) in [6.45, 7) is 0.736. The Bertz CT molecular complexity index is 651. The predicted octanol–water partition coefficient (Wildman–Crippen LogP) is 2.66. The lowest BCUT2D eigenvalue weighted by Gasteiger charge is -2.30. The SMILES string of the molecule is Nc1ccccc1CCC(=O)NCC1Cc2ccccc21. The minimum atomic E-state index is 0.0997. The van der Waals surface area contributed by atoms with Gasteiger partial charge in [0.25, 0.3) is 0 Å². The Morgan fingerprint density at radius 1 is 1.14 bits per heavy atom. The minimum Gasteiger partial charge on any atom is -0.399 e. The molecule has 0 fully saturated rings. The molecule has 108 valence electrons. The standard InChI is InChI=1S/C18H20N2O/c19-17-8-4-2-5-13(17)9-10-18(21)20-12-15-11-14-6-1-3-7-16(14)15/h1-8,15H,9-12,19H2,(H,20,21). The van der Waals surface area contributed by atoms with Crippen LogP contribution in [0.2, 0.25) is 0 Å². The molecule has 1 atom stereocenters. The monoisotopic (exact) mass is 280 g/mol. The van der Waals surface area contributed by atoms with Crippen LogP contribution in [0.15, 0.2) is 48.5 Å². The van der Waals surface area contributed by atoms with Gasteiger partial charge >= 0.3 is 0 Å². The van der Waals surface area contributed by atoms with Gasteiger partial charge in [-0.2, -0.15) is 0 Å². The summed E-state index contributed by atoms with van der Waals surface area (Å²) in [4.78, 5) is 11.9. The molecule has 2 aromatic carbocycles. The van der Waals surface area contributed by atoms with E-state index in [1.165, 1.54) is 11.1 Å². The maximum atomic E-state index is 11.9. The first-order valence-corrected chi connectivity index (χ1v) is 7.42. The number of hydrogen-bond acceptors (Lipinski definition) is 2. The van der Waals surface area contributed by atoms with Crippen LogP contribution in [0.5, 0.6) is 0 Å². The van der Waals surface area contributed by atoms with E-state index in [4.69, 9.17) is 5.73 Å². The van der Waals surface area contributed by atoms with Crippen LogP contribution in [0.4, 0.5) is 5.69 Å². The van der Waals surface area contributed by atoms with Gasteiger partial charge in [0.15, 0.2) is 0 Å². The molecule has 0 spiro atoms. The average molecular weight is 280 g/mol. The topological polar surface area (TPSA) is 55.1 Å². The zero-order valence-corrected chi connectivity index (χ0v) is 12.0. The Morgan fingerprint density at radius 3 is 2.71 bits per heavy atom. The third kappa shape index (κ3) is 3.07. The van der Waals surface area contributed by atoms with Gasteiger partial charge in [0.2, 0.25) is 5.91 Å². The number of carbonyl (C=O) groups is 1. The lowest BCUT2D eigenvalue weighted by Crippen LogP contribution is -2.33. The second-order valence-electron chi connectivity index (χ2n) is 5.60. The fourth-order valence-electron chi connectivity index (χ4n) is 2.88. The number of anilines is 1. The molecule has 1 aliphatic rings. The third-order valence-corrected chi connectivity index (χ3v) is 4.18. The molecule has 0 radical (unpaired) electrons. The smallest absolute Gasteiger partial charge is 0.220 e. The molecule has 1 amide bonds. The highest BCUT2D eigenvalue weighted by Crippen LogP contribution is 2.33. The number of para-hydroxylation sites is 1. The fraction of sp³-hybridized carbons (Fsp3) is 0.278. The molecule has 3 nitrogen and oxygen atoms in total. The predicted molar refractivity (Wildman–Crippen MR) is 85.1 cm³/mol. The summed E-state index contributed by atoms with van der Waals surface area (Å²) < 4.78 is 0. The molecule has 0 aromatic heterocycles. The first-order chi connectivity index (χ1) is 10.2. The van der Waals surface area contributed by atoms with E-state index < -0.39 is 0 Å². The van der Waals surface area contributed by atoms with Crippen LogP contribution < -0.4 is 11.1 Å². The summed E-state index contributed by atoms with van der Waals surface area (Å²) in [5.41, 5.74) is 10.5. The van der Waals surface area contributed by atoms with Crippen molar-refractivity contribution in [3.8, 4) is 0 Å². The third-order valence-electron chi connectivity index (χ3n) is 4.18. The molecule has 3 N–H and O–H groups in total. The van der Waals surface area contributed by atoms with Crippen LogP contribution in [0.1, 0.15) is 29.0 Å². The molecule has 3 rings (SSSR count). The van der Waals surface area contributed by atoms with Crippen molar-refractivity contribution in [2.45, 2.75) is 25.2 Å². The maximum Gasteiger partial charge on any atom is 0.220 e. The fourth-order valence-corrected chi connectivity index (χ4v) is 2.88. The lowest BCUT2D eigenvalue weighted by molar-refractivity contribution is -0.121.